The molecule has 0 saturated heterocycles. The molecule has 2 rings (SSSR count). The van der Waals surface area contributed by atoms with Crippen molar-refractivity contribution in [1.82, 2.24) is 10.6 Å². The van der Waals surface area contributed by atoms with Crippen molar-refractivity contribution in [2.45, 2.75) is 26.5 Å². The van der Waals surface area contributed by atoms with Gasteiger partial charge >= 0.3 is 0 Å². The maximum Gasteiger partial charge on any atom is 0.120 e. The van der Waals surface area contributed by atoms with Crippen LogP contribution in [0.25, 0.3) is 0 Å². The molecule has 0 aromatic heterocycles. The van der Waals surface area contributed by atoms with Gasteiger partial charge in [-0.1, -0.05) is 48.3 Å². The van der Waals surface area contributed by atoms with E-state index in [1.165, 1.54) is 5.56 Å². The van der Waals surface area contributed by atoms with Gasteiger partial charge in [0.15, 0.2) is 0 Å². The molecule has 7 heteroatoms. The van der Waals surface area contributed by atoms with E-state index in [0.29, 0.717) is 16.7 Å². The van der Waals surface area contributed by atoms with Crippen molar-refractivity contribution in [3.8, 4) is 5.75 Å². The average molecular weight is 440 g/mol. The highest BCUT2D eigenvalue weighted by Gasteiger charge is 2.03. The second-order valence-corrected chi connectivity index (χ2v) is 6.40. The fraction of sp³-hybridized carbons (Fsp3) is 0.368. The SMILES string of the molecule is CCNCCCNCc1cccc(OCc2ccc(Cl)cc2Cl)c1.Cl.Cl. The maximum absolute atomic E-state index is 6.17. The third-order valence-corrected chi connectivity index (χ3v) is 4.18. The second kappa shape index (κ2) is 14.4. The zero-order valence-electron chi connectivity index (χ0n) is 14.8. The van der Waals surface area contributed by atoms with Crippen LogP contribution in [0.5, 0.6) is 5.75 Å². The van der Waals surface area contributed by atoms with E-state index in [0.717, 1.165) is 43.9 Å². The highest BCUT2D eigenvalue weighted by atomic mass is 35.5. The fourth-order valence-corrected chi connectivity index (χ4v) is 2.76. The Balaban J connectivity index is 0.00000312. The predicted octanol–water partition coefficient (Wildman–Crippen LogP) is 5.51. The topological polar surface area (TPSA) is 33.3 Å². The van der Waals surface area contributed by atoms with Crippen molar-refractivity contribution < 1.29 is 4.74 Å². The van der Waals surface area contributed by atoms with E-state index in [9.17, 15) is 0 Å². The Bertz CT molecular complexity index is 641. The molecule has 0 spiro atoms. The summed E-state index contributed by atoms with van der Waals surface area (Å²) in [5.41, 5.74) is 2.13. The molecule has 146 valence electrons. The molecule has 2 aromatic carbocycles. The Morgan fingerprint density at radius 1 is 0.962 bits per heavy atom. The van der Waals surface area contributed by atoms with Gasteiger partial charge in [0, 0.05) is 22.2 Å². The molecule has 0 fully saturated rings. The van der Waals surface area contributed by atoms with Gasteiger partial charge in [-0.2, -0.15) is 0 Å². The van der Waals surface area contributed by atoms with Crippen LogP contribution < -0.4 is 15.4 Å². The summed E-state index contributed by atoms with van der Waals surface area (Å²) in [5.74, 6) is 0.841. The predicted molar refractivity (Wildman–Crippen MR) is 117 cm³/mol. The summed E-state index contributed by atoms with van der Waals surface area (Å²) >= 11 is 12.1. The van der Waals surface area contributed by atoms with Crippen LogP contribution in [0.15, 0.2) is 42.5 Å². The largest absolute Gasteiger partial charge is 0.489 e. The zero-order valence-corrected chi connectivity index (χ0v) is 17.9. The molecule has 2 aromatic rings. The lowest BCUT2D eigenvalue weighted by atomic mass is 10.2. The van der Waals surface area contributed by atoms with Crippen LogP contribution in [0.4, 0.5) is 0 Å². The fourth-order valence-electron chi connectivity index (χ4n) is 2.29. The van der Waals surface area contributed by atoms with Crippen molar-refractivity contribution >= 4 is 48.0 Å². The molecule has 0 amide bonds. The standard InChI is InChI=1S/C19H24Cl2N2O.2ClH/c1-2-22-9-4-10-23-13-15-5-3-6-18(11-15)24-14-16-7-8-17(20)12-19(16)21;;/h3,5-8,11-12,22-23H,2,4,9-10,13-14H2,1H3;2*1H. The first-order valence-electron chi connectivity index (χ1n) is 8.26. The summed E-state index contributed by atoms with van der Waals surface area (Å²) < 4.78 is 5.85. The first kappa shape index (κ1) is 25.3. The normalized spacial score (nSPS) is 9.96. The Hall–Kier alpha value is -0.680. The number of ether oxygens (including phenoxy) is 1. The number of halogens is 4. The van der Waals surface area contributed by atoms with Crippen molar-refractivity contribution in [3.05, 3.63) is 63.6 Å². The van der Waals surface area contributed by atoms with Gasteiger partial charge in [0.2, 0.25) is 0 Å². The van der Waals surface area contributed by atoms with Crippen LogP contribution in [0.2, 0.25) is 10.0 Å². The highest BCUT2D eigenvalue weighted by Crippen LogP contribution is 2.23. The number of benzene rings is 2. The summed E-state index contributed by atoms with van der Waals surface area (Å²) in [4.78, 5) is 0. The molecule has 0 atom stereocenters. The smallest absolute Gasteiger partial charge is 0.120 e. The zero-order chi connectivity index (χ0) is 17.2. The van der Waals surface area contributed by atoms with Crippen LogP contribution in [-0.4, -0.2) is 19.6 Å². The molecule has 0 heterocycles. The quantitative estimate of drug-likeness (QED) is 0.479. The lowest BCUT2D eigenvalue weighted by molar-refractivity contribution is 0.306. The van der Waals surface area contributed by atoms with Crippen molar-refractivity contribution in [1.29, 1.82) is 0 Å². The first-order chi connectivity index (χ1) is 11.7. The van der Waals surface area contributed by atoms with Crippen LogP contribution in [0.1, 0.15) is 24.5 Å². The van der Waals surface area contributed by atoms with Gasteiger partial charge in [-0.05, 0) is 55.9 Å². The summed E-state index contributed by atoms with van der Waals surface area (Å²) in [6, 6.07) is 13.6. The van der Waals surface area contributed by atoms with E-state index in [4.69, 9.17) is 27.9 Å². The average Bonchev–Trinajstić information content (AvgIpc) is 2.58. The van der Waals surface area contributed by atoms with E-state index < -0.39 is 0 Å². The van der Waals surface area contributed by atoms with E-state index >= 15 is 0 Å². The van der Waals surface area contributed by atoms with E-state index in [1.54, 1.807) is 6.07 Å². The molecular weight excluding hydrogens is 414 g/mol. The molecule has 0 bridgehead atoms. The van der Waals surface area contributed by atoms with E-state index in [-0.39, 0.29) is 24.8 Å². The van der Waals surface area contributed by atoms with Gasteiger partial charge in [0.05, 0.1) is 0 Å². The lowest BCUT2D eigenvalue weighted by Crippen LogP contribution is -2.21. The molecule has 26 heavy (non-hydrogen) atoms. The number of hydrogen-bond donors (Lipinski definition) is 2. The molecule has 0 aliphatic carbocycles. The molecule has 0 radical (unpaired) electrons. The maximum atomic E-state index is 6.17. The van der Waals surface area contributed by atoms with Gasteiger partial charge in [-0.25, -0.2) is 0 Å². The minimum absolute atomic E-state index is 0. The third-order valence-electron chi connectivity index (χ3n) is 3.59. The van der Waals surface area contributed by atoms with Crippen LogP contribution in [0.3, 0.4) is 0 Å². The monoisotopic (exact) mass is 438 g/mol. The van der Waals surface area contributed by atoms with Crippen molar-refractivity contribution in [2.75, 3.05) is 19.6 Å². The molecule has 3 nitrogen and oxygen atoms in total. The molecule has 0 aliphatic rings. The minimum Gasteiger partial charge on any atom is -0.489 e. The number of rotatable bonds is 10. The summed E-state index contributed by atoms with van der Waals surface area (Å²) in [6.45, 7) is 6.46. The Labute approximate surface area is 178 Å². The van der Waals surface area contributed by atoms with Crippen molar-refractivity contribution in [2.24, 2.45) is 0 Å². The second-order valence-electron chi connectivity index (χ2n) is 5.56. The van der Waals surface area contributed by atoms with Gasteiger partial charge in [0.1, 0.15) is 12.4 Å². The van der Waals surface area contributed by atoms with Gasteiger partial charge in [0.25, 0.3) is 0 Å². The Morgan fingerprint density at radius 2 is 1.73 bits per heavy atom. The van der Waals surface area contributed by atoms with Crippen LogP contribution >= 0.6 is 48.0 Å². The summed E-state index contributed by atoms with van der Waals surface area (Å²) in [5, 5.41) is 8.02. The van der Waals surface area contributed by atoms with Gasteiger partial charge < -0.3 is 15.4 Å². The van der Waals surface area contributed by atoms with Gasteiger partial charge in [-0.15, -0.1) is 24.8 Å². The highest BCUT2D eigenvalue weighted by molar-refractivity contribution is 6.35. The van der Waals surface area contributed by atoms with Crippen LogP contribution in [-0.2, 0) is 13.2 Å². The molecule has 0 unspecified atom stereocenters. The number of hydrogen-bond acceptors (Lipinski definition) is 3. The summed E-state index contributed by atoms with van der Waals surface area (Å²) in [7, 11) is 0. The molecule has 0 saturated carbocycles. The molecular formula is C19H26Cl4N2O. The Kier molecular flexibility index (Phi) is 14.0. The molecule has 2 N–H and O–H groups in total. The third kappa shape index (κ3) is 9.31. The first-order valence-corrected chi connectivity index (χ1v) is 9.01. The number of nitrogens with one attached hydrogen (secondary N) is 2. The van der Waals surface area contributed by atoms with Gasteiger partial charge in [-0.3, -0.25) is 0 Å². The Morgan fingerprint density at radius 3 is 2.46 bits per heavy atom. The van der Waals surface area contributed by atoms with Crippen molar-refractivity contribution in [3.63, 3.8) is 0 Å². The lowest BCUT2D eigenvalue weighted by Gasteiger charge is -2.10. The van der Waals surface area contributed by atoms with Crippen LogP contribution in [0, 0.1) is 0 Å². The van der Waals surface area contributed by atoms with E-state index in [2.05, 4.69) is 29.7 Å². The summed E-state index contributed by atoms with van der Waals surface area (Å²) in [6.07, 6.45) is 1.12. The minimum atomic E-state index is 0. The van der Waals surface area contributed by atoms with E-state index in [1.807, 2.05) is 24.3 Å². The molecule has 0 aliphatic heterocycles.